The van der Waals surface area contributed by atoms with Crippen LogP contribution >= 0.6 is 24.0 Å². The number of aromatic amines is 1. The van der Waals surface area contributed by atoms with Crippen LogP contribution in [-0.4, -0.2) is 45.5 Å². The van der Waals surface area contributed by atoms with Gasteiger partial charge in [-0.2, -0.15) is 15.1 Å². The van der Waals surface area contributed by atoms with E-state index in [-0.39, 0.29) is 30.1 Å². The van der Waals surface area contributed by atoms with E-state index in [1.165, 1.54) is 0 Å². The number of ether oxygens (including phenoxy) is 1. The smallest absolute Gasteiger partial charge is 0.229 e. The van der Waals surface area contributed by atoms with Crippen molar-refractivity contribution in [2.75, 3.05) is 13.1 Å². The van der Waals surface area contributed by atoms with Crippen LogP contribution in [0.15, 0.2) is 0 Å². The summed E-state index contributed by atoms with van der Waals surface area (Å²) >= 11 is 5.80. The fourth-order valence-electron chi connectivity index (χ4n) is 1.98. The van der Waals surface area contributed by atoms with Crippen molar-refractivity contribution in [2.24, 2.45) is 0 Å². The van der Waals surface area contributed by atoms with Crippen molar-refractivity contribution in [3.8, 4) is 5.88 Å². The summed E-state index contributed by atoms with van der Waals surface area (Å²) in [6.45, 7) is 2.53. The first kappa shape index (κ1) is 14.2. The Morgan fingerprint density at radius 3 is 2.84 bits per heavy atom. The van der Waals surface area contributed by atoms with Crippen molar-refractivity contribution in [3.63, 3.8) is 0 Å². The van der Waals surface area contributed by atoms with Crippen LogP contribution < -0.4 is 10.1 Å². The summed E-state index contributed by atoms with van der Waals surface area (Å²) in [4.78, 5) is 8.01. The molecular weight excluding hydrogens is 296 g/mol. The number of fused-ring (bicyclic) bond motifs is 1. The van der Waals surface area contributed by atoms with E-state index in [0.29, 0.717) is 23.3 Å². The molecule has 0 aromatic carbocycles. The van der Waals surface area contributed by atoms with Gasteiger partial charge in [0.05, 0.1) is 5.69 Å². The molecule has 1 aliphatic rings. The van der Waals surface area contributed by atoms with Crippen LogP contribution in [0.25, 0.3) is 11.0 Å². The van der Waals surface area contributed by atoms with Crippen molar-refractivity contribution < 1.29 is 9.13 Å². The Balaban J connectivity index is 0.00000133. The van der Waals surface area contributed by atoms with Gasteiger partial charge in [0.2, 0.25) is 11.2 Å². The third-order valence-corrected chi connectivity index (χ3v) is 3.06. The molecule has 2 atom stereocenters. The molecule has 1 saturated heterocycles. The van der Waals surface area contributed by atoms with Crippen LogP contribution in [0.3, 0.4) is 0 Å². The second-order valence-electron chi connectivity index (χ2n) is 4.16. The average molecular weight is 308 g/mol. The van der Waals surface area contributed by atoms with Crippen LogP contribution in [0, 0.1) is 6.92 Å². The highest BCUT2D eigenvalue weighted by atomic mass is 35.5. The molecule has 2 aromatic rings. The maximum Gasteiger partial charge on any atom is 0.229 e. The van der Waals surface area contributed by atoms with Crippen LogP contribution in [0.5, 0.6) is 5.88 Å². The van der Waals surface area contributed by atoms with E-state index in [2.05, 4.69) is 25.5 Å². The number of hydrogen-bond acceptors (Lipinski definition) is 5. The number of H-pyrrole nitrogens is 1. The number of nitrogens with zero attached hydrogens (tertiary/aromatic N) is 3. The molecule has 2 N–H and O–H groups in total. The van der Waals surface area contributed by atoms with Gasteiger partial charge in [-0.3, -0.25) is 5.10 Å². The molecule has 0 radical (unpaired) electrons. The van der Waals surface area contributed by atoms with Crippen molar-refractivity contribution in [2.45, 2.75) is 19.2 Å². The molecule has 1 fully saturated rings. The van der Waals surface area contributed by atoms with Gasteiger partial charge in [0, 0.05) is 13.1 Å². The number of hydrogen-bond donors (Lipinski definition) is 2. The first-order chi connectivity index (χ1) is 8.65. The zero-order chi connectivity index (χ0) is 12.7. The van der Waals surface area contributed by atoms with E-state index in [9.17, 15) is 4.39 Å². The highest BCUT2D eigenvalue weighted by Crippen LogP contribution is 2.27. The zero-order valence-corrected chi connectivity index (χ0v) is 11.6. The van der Waals surface area contributed by atoms with Gasteiger partial charge in [-0.15, -0.1) is 12.4 Å². The van der Waals surface area contributed by atoms with Gasteiger partial charge in [-0.05, 0) is 18.5 Å². The van der Waals surface area contributed by atoms with E-state index in [1.807, 2.05) is 0 Å². The van der Waals surface area contributed by atoms with E-state index >= 15 is 0 Å². The summed E-state index contributed by atoms with van der Waals surface area (Å²) in [6.07, 6.45) is -1.62. The molecule has 0 spiro atoms. The third kappa shape index (κ3) is 2.58. The highest BCUT2D eigenvalue weighted by Gasteiger charge is 2.30. The number of halogens is 3. The van der Waals surface area contributed by atoms with Gasteiger partial charge in [0.15, 0.2) is 11.8 Å². The number of rotatable bonds is 2. The highest BCUT2D eigenvalue weighted by molar-refractivity contribution is 6.28. The summed E-state index contributed by atoms with van der Waals surface area (Å²) < 4.78 is 19.1. The van der Waals surface area contributed by atoms with Gasteiger partial charge >= 0.3 is 0 Å². The van der Waals surface area contributed by atoms with E-state index in [0.717, 1.165) is 0 Å². The molecule has 0 unspecified atom stereocenters. The Labute approximate surface area is 119 Å². The summed E-state index contributed by atoms with van der Waals surface area (Å²) in [6, 6.07) is 0. The second-order valence-corrected chi connectivity index (χ2v) is 4.50. The molecule has 0 aliphatic carbocycles. The molecular formula is C10H12Cl2FN5O. The standard InChI is InChI=1S/C10H11ClFN5O.ClH/c1-4-7-8(17-16-4)14-10(11)15-9(7)18-6-3-13-2-5(6)12;/h5-6,13H,2-3H2,1H3,(H,14,15,16,17);1H/t5-,6+;/m0./s1. The number of nitrogens with one attached hydrogen (secondary N) is 2. The Hall–Kier alpha value is -1.18. The molecule has 19 heavy (non-hydrogen) atoms. The molecule has 0 bridgehead atoms. The lowest BCUT2D eigenvalue weighted by molar-refractivity contribution is 0.136. The van der Waals surface area contributed by atoms with E-state index in [1.54, 1.807) is 6.92 Å². The molecule has 1 aliphatic heterocycles. The largest absolute Gasteiger partial charge is 0.469 e. The number of alkyl halides is 1. The maximum absolute atomic E-state index is 13.5. The van der Waals surface area contributed by atoms with Crippen LogP contribution in [0.4, 0.5) is 4.39 Å². The summed E-state index contributed by atoms with van der Waals surface area (Å²) in [5.41, 5.74) is 1.18. The van der Waals surface area contributed by atoms with Crippen molar-refractivity contribution in [1.29, 1.82) is 0 Å². The first-order valence-electron chi connectivity index (χ1n) is 5.55. The Kier molecular flexibility index (Phi) is 4.07. The SMILES string of the molecule is Cc1n[nH]c2nc(Cl)nc(O[C@@H]3CNC[C@@H]3F)c12.Cl. The predicted octanol–water partition coefficient (Wildman–Crippen LogP) is 1.43. The predicted molar refractivity (Wildman–Crippen MR) is 70.9 cm³/mol. The average Bonchev–Trinajstić information content (AvgIpc) is 2.87. The maximum atomic E-state index is 13.5. The van der Waals surface area contributed by atoms with Gasteiger partial charge in [0.25, 0.3) is 0 Å². The van der Waals surface area contributed by atoms with Gasteiger partial charge in [-0.25, -0.2) is 4.39 Å². The molecule has 2 aromatic heterocycles. The lowest BCUT2D eigenvalue weighted by Gasteiger charge is -2.14. The first-order valence-corrected chi connectivity index (χ1v) is 5.92. The van der Waals surface area contributed by atoms with E-state index < -0.39 is 12.3 Å². The molecule has 3 rings (SSSR count). The number of aromatic nitrogens is 4. The second kappa shape index (κ2) is 5.44. The Morgan fingerprint density at radius 2 is 2.16 bits per heavy atom. The number of aryl methyl sites for hydroxylation is 1. The molecule has 0 amide bonds. The quantitative estimate of drug-likeness (QED) is 0.821. The minimum atomic E-state index is -1.05. The summed E-state index contributed by atoms with van der Waals surface area (Å²) in [5.74, 6) is 0.271. The van der Waals surface area contributed by atoms with Gasteiger partial charge in [-0.1, -0.05) is 0 Å². The molecule has 104 valence electrons. The Bertz CT molecular complexity index is 593. The van der Waals surface area contributed by atoms with Crippen LogP contribution in [0.2, 0.25) is 5.28 Å². The molecule has 9 heteroatoms. The topological polar surface area (TPSA) is 75.7 Å². The monoisotopic (exact) mass is 307 g/mol. The lowest BCUT2D eigenvalue weighted by atomic mass is 10.3. The van der Waals surface area contributed by atoms with Crippen molar-refractivity contribution in [3.05, 3.63) is 11.0 Å². The minimum absolute atomic E-state index is 0. The summed E-state index contributed by atoms with van der Waals surface area (Å²) in [7, 11) is 0. The normalized spacial score (nSPS) is 22.5. The molecule has 0 saturated carbocycles. The van der Waals surface area contributed by atoms with Crippen LogP contribution in [0.1, 0.15) is 5.69 Å². The fraction of sp³-hybridized carbons (Fsp3) is 0.500. The van der Waals surface area contributed by atoms with Crippen molar-refractivity contribution in [1.82, 2.24) is 25.5 Å². The van der Waals surface area contributed by atoms with Gasteiger partial charge < -0.3 is 10.1 Å². The van der Waals surface area contributed by atoms with Crippen LogP contribution in [-0.2, 0) is 0 Å². The Morgan fingerprint density at radius 1 is 1.37 bits per heavy atom. The molecule has 3 heterocycles. The molecule has 6 nitrogen and oxygen atoms in total. The van der Waals surface area contributed by atoms with E-state index in [4.69, 9.17) is 16.3 Å². The summed E-state index contributed by atoms with van der Waals surface area (Å²) in [5, 5.41) is 10.3. The fourth-order valence-corrected chi connectivity index (χ4v) is 2.14. The third-order valence-electron chi connectivity index (χ3n) is 2.89. The lowest BCUT2D eigenvalue weighted by Crippen LogP contribution is -2.27. The van der Waals surface area contributed by atoms with Crippen molar-refractivity contribution >= 4 is 35.0 Å². The zero-order valence-electron chi connectivity index (χ0n) is 9.98. The van der Waals surface area contributed by atoms with Gasteiger partial charge in [0.1, 0.15) is 11.5 Å². The minimum Gasteiger partial charge on any atom is -0.469 e.